The van der Waals surface area contributed by atoms with Crippen molar-refractivity contribution in [1.29, 1.82) is 0 Å². The molecule has 0 unspecified atom stereocenters. The standard InChI is InChI=1S/C20H26N2O/c1-17(7-8-18-9-11-20(23)12-10-18)21-13-15-22(16-14-21)19-5-3-2-4-6-19/h2-6,9-12,17,23H,7-8,13-16H2,1H3/t17-/m1/s1. The van der Waals surface area contributed by atoms with Gasteiger partial charge in [0.1, 0.15) is 5.75 Å². The summed E-state index contributed by atoms with van der Waals surface area (Å²) in [4.78, 5) is 5.07. The molecule has 122 valence electrons. The molecule has 0 spiro atoms. The number of phenols is 1. The topological polar surface area (TPSA) is 26.7 Å². The Hall–Kier alpha value is -2.00. The minimum absolute atomic E-state index is 0.346. The molecule has 0 amide bonds. The van der Waals surface area contributed by atoms with Crippen LogP contribution in [0, 0.1) is 0 Å². The van der Waals surface area contributed by atoms with Crippen molar-refractivity contribution in [2.24, 2.45) is 0 Å². The fourth-order valence-electron chi connectivity index (χ4n) is 3.28. The summed E-state index contributed by atoms with van der Waals surface area (Å²) < 4.78 is 0. The van der Waals surface area contributed by atoms with Crippen LogP contribution in [-0.2, 0) is 6.42 Å². The second-order valence-corrected chi connectivity index (χ2v) is 6.41. The largest absolute Gasteiger partial charge is 0.508 e. The van der Waals surface area contributed by atoms with Crippen molar-refractivity contribution in [3.8, 4) is 5.75 Å². The zero-order chi connectivity index (χ0) is 16.1. The minimum atomic E-state index is 0.346. The van der Waals surface area contributed by atoms with Gasteiger partial charge in [-0.25, -0.2) is 0 Å². The van der Waals surface area contributed by atoms with Crippen LogP contribution in [0.25, 0.3) is 0 Å². The SMILES string of the molecule is C[C@H](CCc1ccc(O)cc1)N1CCN(c2ccccc2)CC1. The number of hydrogen-bond donors (Lipinski definition) is 1. The fraction of sp³-hybridized carbons (Fsp3) is 0.400. The molecule has 1 aliphatic rings. The van der Waals surface area contributed by atoms with Crippen molar-refractivity contribution in [2.75, 3.05) is 31.1 Å². The van der Waals surface area contributed by atoms with Gasteiger partial charge in [-0.3, -0.25) is 4.90 Å². The van der Waals surface area contributed by atoms with Crippen LogP contribution in [-0.4, -0.2) is 42.2 Å². The van der Waals surface area contributed by atoms with Gasteiger partial charge in [-0.15, -0.1) is 0 Å². The molecule has 1 aliphatic heterocycles. The average molecular weight is 310 g/mol. The molecule has 2 aromatic rings. The molecule has 2 aromatic carbocycles. The first-order valence-electron chi connectivity index (χ1n) is 8.54. The Bertz CT molecular complexity index is 589. The number of rotatable bonds is 5. The van der Waals surface area contributed by atoms with Crippen molar-refractivity contribution in [3.63, 3.8) is 0 Å². The van der Waals surface area contributed by atoms with Crippen LogP contribution < -0.4 is 4.90 Å². The summed E-state index contributed by atoms with van der Waals surface area (Å²) in [7, 11) is 0. The number of para-hydroxylation sites is 1. The number of anilines is 1. The lowest BCUT2D eigenvalue weighted by Crippen LogP contribution is -2.49. The normalized spacial score (nSPS) is 17.2. The molecule has 23 heavy (non-hydrogen) atoms. The van der Waals surface area contributed by atoms with Crippen LogP contribution in [0.2, 0.25) is 0 Å². The van der Waals surface area contributed by atoms with Crippen LogP contribution in [0.4, 0.5) is 5.69 Å². The summed E-state index contributed by atoms with van der Waals surface area (Å²) in [5, 5.41) is 9.34. The van der Waals surface area contributed by atoms with Gasteiger partial charge in [-0.2, -0.15) is 0 Å². The molecule has 1 heterocycles. The molecule has 1 fully saturated rings. The molecular formula is C20H26N2O. The van der Waals surface area contributed by atoms with Crippen molar-refractivity contribution in [1.82, 2.24) is 4.90 Å². The van der Waals surface area contributed by atoms with E-state index in [1.54, 1.807) is 12.1 Å². The predicted molar refractivity (Wildman–Crippen MR) is 96.1 cm³/mol. The summed E-state index contributed by atoms with van der Waals surface area (Å²) in [6.07, 6.45) is 2.23. The van der Waals surface area contributed by atoms with Crippen LogP contribution in [0.1, 0.15) is 18.9 Å². The zero-order valence-corrected chi connectivity index (χ0v) is 13.9. The molecule has 3 rings (SSSR count). The molecule has 0 radical (unpaired) electrons. The maximum Gasteiger partial charge on any atom is 0.115 e. The van der Waals surface area contributed by atoms with E-state index >= 15 is 0 Å². The lowest BCUT2D eigenvalue weighted by Gasteiger charge is -2.39. The minimum Gasteiger partial charge on any atom is -0.508 e. The number of benzene rings is 2. The number of aromatic hydroxyl groups is 1. The van der Waals surface area contributed by atoms with E-state index in [4.69, 9.17) is 0 Å². The van der Waals surface area contributed by atoms with Gasteiger partial charge in [0.2, 0.25) is 0 Å². The number of phenolic OH excluding ortho intramolecular Hbond substituents is 1. The van der Waals surface area contributed by atoms with Crippen molar-refractivity contribution >= 4 is 5.69 Å². The van der Waals surface area contributed by atoms with Gasteiger partial charge in [-0.1, -0.05) is 30.3 Å². The zero-order valence-electron chi connectivity index (χ0n) is 13.9. The third kappa shape index (κ3) is 4.26. The second kappa shape index (κ2) is 7.51. The van der Waals surface area contributed by atoms with Crippen molar-refractivity contribution in [2.45, 2.75) is 25.8 Å². The smallest absolute Gasteiger partial charge is 0.115 e. The Balaban J connectivity index is 1.46. The number of hydrogen-bond acceptors (Lipinski definition) is 3. The van der Waals surface area contributed by atoms with Crippen LogP contribution in [0.3, 0.4) is 0 Å². The Labute approximate surface area is 139 Å². The first kappa shape index (κ1) is 15.9. The fourth-order valence-corrected chi connectivity index (χ4v) is 3.28. The molecule has 0 aliphatic carbocycles. The van der Waals surface area contributed by atoms with Crippen LogP contribution in [0.5, 0.6) is 5.75 Å². The molecule has 0 aromatic heterocycles. The highest BCUT2D eigenvalue weighted by atomic mass is 16.3. The molecule has 1 N–H and O–H groups in total. The van der Waals surface area contributed by atoms with E-state index in [2.05, 4.69) is 47.1 Å². The highest BCUT2D eigenvalue weighted by Crippen LogP contribution is 2.18. The van der Waals surface area contributed by atoms with Crippen LogP contribution >= 0.6 is 0 Å². The monoisotopic (exact) mass is 310 g/mol. The molecule has 3 heteroatoms. The second-order valence-electron chi connectivity index (χ2n) is 6.41. The van der Waals surface area contributed by atoms with E-state index in [-0.39, 0.29) is 0 Å². The Morgan fingerprint density at radius 1 is 0.913 bits per heavy atom. The van der Waals surface area contributed by atoms with E-state index in [1.807, 2.05) is 12.1 Å². The van der Waals surface area contributed by atoms with Gasteiger partial charge in [-0.05, 0) is 49.6 Å². The lowest BCUT2D eigenvalue weighted by atomic mass is 10.0. The van der Waals surface area contributed by atoms with E-state index in [1.165, 1.54) is 11.3 Å². The summed E-state index contributed by atoms with van der Waals surface area (Å²) in [6.45, 7) is 6.80. The first-order valence-corrected chi connectivity index (χ1v) is 8.54. The Kier molecular flexibility index (Phi) is 5.19. The van der Waals surface area contributed by atoms with E-state index in [0.29, 0.717) is 11.8 Å². The first-order chi connectivity index (χ1) is 11.2. The highest BCUT2D eigenvalue weighted by Gasteiger charge is 2.20. The van der Waals surface area contributed by atoms with E-state index < -0.39 is 0 Å². The van der Waals surface area contributed by atoms with Gasteiger partial charge >= 0.3 is 0 Å². The summed E-state index contributed by atoms with van der Waals surface area (Å²) >= 11 is 0. The molecule has 1 saturated heterocycles. The maximum absolute atomic E-state index is 9.34. The molecule has 0 bridgehead atoms. The van der Waals surface area contributed by atoms with Crippen molar-refractivity contribution in [3.05, 3.63) is 60.2 Å². The van der Waals surface area contributed by atoms with E-state index in [0.717, 1.165) is 39.0 Å². The summed E-state index contributed by atoms with van der Waals surface area (Å²) in [5.41, 5.74) is 2.64. The van der Waals surface area contributed by atoms with Gasteiger partial charge < -0.3 is 10.0 Å². The van der Waals surface area contributed by atoms with Gasteiger partial charge in [0.05, 0.1) is 0 Å². The van der Waals surface area contributed by atoms with Crippen molar-refractivity contribution < 1.29 is 5.11 Å². The third-order valence-corrected chi connectivity index (χ3v) is 4.85. The Morgan fingerprint density at radius 3 is 2.22 bits per heavy atom. The number of aryl methyl sites for hydroxylation is 1. The Morgan fingerprint density at radius 2 is 1.57 bits per heavy atom. The predicted octanol–water partition coefficient (Wildman–Crippen LogP) is 3.54. The molecule has 1 atom stereocenters. The maximum atomic E-state index is 9.34. The number of nitrogens with zero attached hydrogens (tertiary/aromatic N) is 2. The molecular weight excluding hydrogens is 284 g/mol. The molecule has 0 saturated carbocycles. The summed E-state index contributed by atoms with van der Waals surface area (Å²) in [5.74, 6) is 0.346. The van der Waals surface area contributed by atoms with Gasteiger partial charge in [0.15, 0.2) is 0 Å². The average Bonchev–Trinajstić information content (AvgIpc) is 2.62. The van der Waals surface area contributed by atoms with Crippen LogP contribution in [0.15, 0.2) is 54.6 Å². The quantitative estimate of drug-likeness (QED) is 0.915. The molecule has 3 nitrogen and oxygen atoms in total. The van der Waals surface area contributed by atoms with Gasteiger partial charge in [0, 0.05) is 37.9 Å². The lowest BCUT2D eigenvalue weighted by molar-refractivity contribution is 0.189. The third-order valence-electron chi connectivity index (χ3n) is 4.85. The number of piperazine rings is 1. The summed E-state index contributed by atoms with van der Waals surface area (Å²) in [6, 6.07) is 18.9. The van der Waals surface area contributed by atoms with Gasteiger partial charge in [0.25, 0.3) is 0 Å². The highest BCUT2D eigenvalue weighted by molar-refractivity contribution is 5.46. The van der Waals surface area contributed by atoms with E-state index in [9.17, 15) is 5.11 Å².